The molecule has 0 aliphatic carbocycles. The van der Waals surface area contributed by atoms with Gasteiger partial charge in [0.25, 0.3) is 0 Å². The van der Waals surface area contributed by atoms with E-state index in [1.807, 2.05) is 0 Å². The Morgan fingerprint density at radius 1 is 1.47 bits per heavy atom. The van der Waals surface area contributed by atoms with E-state index >= 15 is 0 Å². The fourth-order valence-electron chi connectivity index (χ4n) is 1.08. The SMILES string of the molecule is COc1cc(C(=O)O)c(F)c(F)c1SC. The van der Waals surface area contributed by atoms with Gasteiger partial charge in [-0.2, -0.15) is 0 Å². The standard InChI is InChI=1S/C9H8F2O3S/c1-14-5-3-4(9(12)13)6(10)7(11)8(5)15-2/h3H,1-2H3,(H,12,13). The first kappa shape index (κ1) is 11.8. The lowest BCUT2D eigenvalue weighted by Gasteiger charge is -2.09. The molecule has 0 atom stereocenters. The summed E-state index contributed by atoms with van der Waals surface area (Å²) in [7, 11) is 1.26. The Bertz CT molecular complexity index is 407. The third-order valence-corrected chi connectivity index (χ3v) is 2.57. The van der Waals surface area contributed by atoms with Crippen molar-refractivity contribution in [3.63, 3.8) is 0 Å². The highest BCUT2D eigenvalue weighted by molar-refractivity contribution is 7.98. The van der Waals surface area contributed by atoms with E-state index in [1.165, 1.54) is 7.11 Å². The van der Waals surface area contributed by atoms with Crippen LogP contribution in [-0.4, -0.2) is 24.4 Å². The van der Waals surface area contributed by atoms with Crippen molar-refractivity contribution in [3.8, 4) is 5.75 Å². The molecule has 1 N–H and O–H groups in total. The monoisotopic (exact) mass is 234 g/mol. The minimum atomic E-state index is -1.53. The van der Waals surface area contributed by atoms with E-state index in [2.05, 4.69) is 0 Å². The van der Waals surface area contributed by atoms with Gasteiger partial charge in [-0.15, -0.1) is 11.8 Å². The minimum Gasteiger partial charge on any atom is -0.495 e. The summed E-state index contributed by atoms with van der Waals surface area (Å²) in [5.74, 6) is -4.08. The lowest BCUT2D eigenvalue weighted by atomic mass is 10.2. The molecule has 0 aromatic heterocycles. The molecule has 0 bridgehead atoms. The Morgan fingerprint density at radius 3 is 2.47 bits per heavy atom. The molecular weight excluding hydrogens is 226 g/mol. The van der Waals surface area contributed by atoms with Crippen LogP contribution in [0.2, 0.25) is 0 Å². The van der Waals surface area contributed by atoms with Crippen LogP contribution in [0.25, 0.3) is 0 Å². The molecule has 1 aromatic rings. The molecule has 6 heteroatoms. The second kappa shape index (κ2) is 4.48. The topological polar surface area (TPSA) is 46.5 Å². The van der Waals surface area contributed by atoms with Gasteiger partial charge in [-0.3, -0.25) is 0 Å². The second-order valence-electron chi connectivity index (χ2n) is 2.59. The summed E-state index contributed by atoms with van der Waals surface area (Å²) in [5, 5.41) is 8.60. The first-order valence-electron chi connectivity index (χ1n) is 3.86. The molecule has 0 aliphatic rings. The van der Waals surface area contributed by atoms with Gasteiger partial charge in [0.05, 0.1) is 12.0 Å². The highest BCUT2D eigenvalue weighted by atomic mass is 32.2. The van der Waals surface area contributed by atoms with Gasteiger partial charge in [0.2, 0.25) is 0 Å². The average molecular weight is 234 g/mol. The van der Waals surface area contributed by atoms with E-state index in [-0.39, 0.29) is 10.6 Å². The number of carboxylic acids is 1. The Kier molecular flexibility index (Phi) is 3.52. The van der Waals surface area contributed by atoms with Crippen molar-refractivity contribution in [2.24, 2.45) is 0 Å². The van der Waals surface area contributed by atoms with Crippen LogP contribution in [0.5, 0.6) is 5.75 Å². The zero-order valence-corrected chi connectivity index (χ0v) is 8.82. The van der Waals surface area contributed by atoms with Crippen LogP contribution in [0, 0.1) is 11.6 Å². The number of hydrogen-bond donors (Lipinski definition) is 1. The third-order valence-electron chi connectivity index (χ3n) is 1.78. The normalized spacial score (nSPS) is 10.1. The molecule has 0 amide bonds. The first-order chi connectivity index (χ1) is 7.02. The van der Waals surface area contributed by atoms with E-state index in [0.717, 1.165) is 17.8 Å². The summed E-state index contributed by atoms with van der Waals surface area (Å²) >= 11 is 0.948. The van der Waals surface area contributed by atoms with E-state index in [4.69, 9.17) is 9.84 Å². The number of carbonyl (C=O) groups is 1. The van der Waals surface area contributed by atoms with Gasteiger partial charge < -0.3 is 9.84 Å². The summed E-state index contributed by atoms with van der Waals surface area (Å²) < 4.78 is 31.3. The van der Waals surface area contributed by atoms with E-state index in [9.17, 15) is 13.6 Å². The molecular formula is C9H8F2O3S. The Hall–Kier alpha value is -1.30. The fraction of sp³-hybridized carbons (Fsp3) is 0.222. The van der Waals surface area contributed by atoms with Crippen molar-refractivity contribution in [1.29, 1.82) is 0 Å². The van der Waals surface area contributed by atoms with Crippen LogP contribution >= 0.6 is 11.8 Å². The zero-order valence-electron chi connectivity index (χ0n) is 8.01. The lowest BCUT2D eigenvalue weighted by Crippen LogP contribution is -2.05. The van der Waals surface area contributed by atoms with E-state index < -0.39 is 23.2 Å². The number of benzene rings is 1. The van der Waals surface area contributed by atoms with Crippen LogP contribution in [-0.2, 0) is 0 Å². The predicted molar refractivity (Wildman–Crippen MR) is 51.7 cm³/mol. The highest BCUT2D eigenvalue weighted by Gasteiger charge is 2.22. The van der Waals surface area contributed by atoms with E-state index in [1.54, 1.807) is 6.26 Å². The van der Waals surface area contributed by atoms with Crippen molar-refractivity contribution in [3.05, 3.63) is 23.3 Å². The molecule has 0 fully saturated rings. The molecule has 0 saturated heterocycles. The third kappa shape index (κ3) is 2.04. The molecule has 15 heavy (non-hydrogen) atoms. The molecule has 0 radical (unpaired) electrons. The van der Waals surface area contributed by atoms with Crippen molar-refractivity contribution in [2.75, 3.05) is 13.4 Å². The Balaban J connectivity index is 3.49. The number of rotatable bonds is 3. The average Bonchev–Trinajstić information content (AvgIpc) is 2.21. The number of aromatic carboxylic acids is 1. The Labute approximate surface area is 89.0 Å². The fourth-order valence-corrected chi connectivity index (χ4v) is 1.70. The summed E-state index contributed by atoms with van der Waals surface area (Å²) in [5.41, 5.74) is -0.734. The van der Waals surface area contributed by atoms with Crippen molar-refractivity contribution < 1.29 is 23.4 Å². The lowest BCUT2D eigenvalue weighted by molar-refractivity contribution is 0.0689. The molecule has 0 spiro atoms. The van der Waals surface area contributed by atoms with Crippen LogP contribution in [0.15, 0.2) is 11.0 Å². The van der Waals surface area contributed by atoms with Gasteiger partial charge >= 0.3 is 5.97 Å². The van der Waals surface area contributed by atoms with Gasteiger partial charge in [-0.25, -0.2) is 13.6 Å². The highest BCUT2D eigenvalue weighted by Crippen LogP contribution is 2.33. The van der Waals surface area contributed by atoms with Gasteiger partial charge in [0, 0.05) is 0 Å². The molecule has 82 valence electrons. The second-order valence-corrected chi connectivity index (χ2v) is 3.41. The number of hydrogen-bond acceptors (Lipinski definition) is 3. The quantitative estimate of drug-likeness (QED) is 0.816. The zero-order chi connectivity index (χ0) is 11.6. The van der Waals surface area contributed by atoms with Gasteiger partial charge in [-0.05, 0) is 12.3 Å². The predicted octanol–water partition coefficient (Wildman–Crippen LogP) is 2.39. The molecule has 0 saturated carbocycles. The van der Waals surface area contributed by atoms with Crippen LogP contribution < -0.4 is 4.74 Å². The van der Waals surface area contributed by atoms with Crippen molar-refractivity contribution in [1.82, 2.24) is 0 Å². The maximum absolute atomic E-state index is 13.3. The number of carboxylic acid groups (broad SMARTS) is 1. The van der Waals surface area contributed by atoms with Crippen molar-refractivity contribution >= 4 is 17.7 Å². The number of ether oxygens (including phenoxy) is 1. The summed E-state index contributed by atoms with van der Waals surface area (Å²) in [6.07, 6.45) is 1.54. The summed E-state index contributed by atoms with van der Waals surface area (Å²) in [6, 6.07) is 0.965. The summed E-state index contributed by atoms with van der Waals surface area (Å²) in [4.78, 5) is 10.5. The molecule has 3 nitrogen and oxygen atoms in total. The van der Waals surface area contributed by atoms with Gasteiger partial charge in [0.15, 0.2) is 11.6 Å². The largest absolute Gasteiger partial charge is 0.495 e. The maximum Gasteiger partial charge on any atom is 0.338 e. The molecule has 1 aromatic carbocycles. The van der Waals surface area contributed by atoms with Gasteiger partial charge in [0.1, 0.15) is 11.3 Å². The Morgan fingerprint density at radius 2 is 2.07 bits per heavy atom. The van der Waals surface area contributed by atoms with Gasteiger partial charge in [-0.1, -0.05) is 0 Å². The summed E-state index contributed by atoms with van der Waals surface area (Å²) in [6.45, 7) is 0. The number of thioether (sulfide) groups is 1. The van der Waals surface area contributed by atoms with Crippen molar-refractivity contribution in [2.45, 2.75) is 4.90 Å². The molecule has 0 heterocycles. The molecule has 0 aliphatic heterocycles. The van der Waals surface area contributed by atoms with Crippen LogP contribution in [0.3, 0.4) is 0 Å². The number of halogens is 2. The molecule has 1 rings (SSSR count). The van der Waals surface area contributed by atoms with E-state index in [0.29, 0.717) is 0 Å². The number of methoxy groups -OCH3 is 1. The smallest absolute Gasteiger partial charge is 0.338 e. The van der Waals surface area contributed by atoms with Crippen LogP contribution in [0.1, 0.15) is 10.4 Å². The first-order valence-corrected chi connectivity index (χ1v) is 5.08. The minimum absolute atomic E-state index is 0.0128. The maximum atomic E-state index is 13.3. The molecule has 0 unspecified atom stereocenters. The van der Waals surface area contributed by atoms with Crippen LogP contribution in [0.4, 0.5) is 8.78 Å².